The Bertz CT molecular complexity index is 433. The van der Waals surface area contributed by atoms with Crippen molar-refractivity contribution in [2.75, 3.05) is 0 Å². The fraction of sp³-hybridized carbons (Fsp3) is 0.500. The number of benzene rings is 1. The summed E-state index contributed by atoms with van der Waals surface area (Å²) in [5.41, 5.74) is 1.16. The lowest BCUT2D eigenvalue weighted by atomic mass is 9.80. The molecule has 0 unspecified atom stereocenters. The van der Waals surface area contributed by atoms with Crippen molar-refractivity contribution >= 4 is 19.2 Å². The SMILES string of the molecule is Cc1cc(C=O)ccc1BOC(C)(C)C(C)(C)O. The summed E-state index contributed by atoms with van der Waals surface area (Å²) in [6, 6.07) is 5.50. The Kier molecular flexibility index (Phi) is 4.35. The predicted octanol–water partition coefficient (Wildman–Crippen LogP) is 1.35. The molecule has 0 aliphatic rings. The summed E-state index contributed by atoms with van der Waals surface area (Å²) in [7, 11) is 0.419. The van der Waals surface area contributed by atoms with Crippen molar-refractivity contribution in [2.45, 2.75) is 45.8 Å². The molecule has 0 aromatic heterocycles. The number of hydrogen-bond acceptors (Lipinski definition) is 3. The number of aryl methyl sites for hydroxylation is 1. The molecule has 3 nitrogen and oxygen atoms in total. The van der Waals surface area contributed by atoms with E-state index in [9.17, 15) is 9.90 Å². The van der Waals surface area contributed by atoms with E-state index in [-0.39, 0.29) is 0 Å². The summed E-state index contributed by atoms with van der Waals surface area (Å²) in [5, 5.41) is 10.0. The summed E-state index contributed by atoms with van der Waals surface area (Å²) in [6.07, 6.45) is 0.832. The van der Waals surface area contributed by atoms with E-state index in [0.29, 0.717) is 13.0 Å². The van der Waals surface area contributed by atoms with Crippen LogP contribution in [0.1, 0.15) is 43.6 Å². The normalized spacial score (nSPS) is 12.3. The Hall–Kier alpha value is -1.13. The summed E-state index contributed by atoms with van der Waals surface area (Å²) in [5.74, 6) is 0. The zero-order chi connectivity index (χ0) is 14.0. The Labute approximate surface area is 109 Å². The van der Waals surface area contributed by atoms with Crippen LogP contribution in [0.2, 0.25) is 0 Å². The molecular weight excluding hydrogens is 227 g/mol. The highest BCUT2D eigenvalue weighted by Gasteiger charge is 2.35. The van der Waals surface area contributed by atoms with Crippen LogP contribution in [0.3, 0.4) is 0 Å². The van der Waals surface area contributed by atoms with Gasteiger partial charge in [-0.2, -0.15) is 0 Å². The first-order chi connectivity index (χ1) is 8.17. The van der Waals surface area contributed by atoms with E-state index >= 15 is 0 Å². The van der Waals surface area contributed by atoms with Gasteiger partial charge in [-0.05, 0) is 46.1 Å². The van der Waals surface area contributed by atoms with E-state index in [0.717, 1.165) is 17.3 Å². The molecule has 0 atom stereocenters. The first-order valence-electron chi connectivity index (χ1n) is 6.08. The minimum Gasteiger partial charge on any atom is -0.427 e. The minimum atomic E-state index is -0.913. The van der Waals surface area contributed by atoms with Gasteiger partial charge < -0.3 is 9.76 Å². The molecule has 0 amide bonds. The van der Waals surface area contributed by atoms with Gasteiger partial charge in [0.05, 0.1) is 11.2 Å². The number of carbonyl (C=O) groups is 1. The molecule has 0 radical (unpaired) electrons. The molecule has 1 N–H and O–H groups in total. The largest absolute Gasteiger partial charge is 0.427 e. The first kappa shape index (κ1) is 14.9. The molecule has 0 heterocycles. The average molecular weight is 248 g/mol. The second-order valence-electron chi connectivity index (χ2n) is 5.66. The Balaban J connectivity index is 2.78. The van der Waals surface area contributed by atoms with Crippen LogP contribution < -0.4 is 5.46 Å². The summed E-state index contributed by atoms with van der Waals surface area (Å²) in [4.78, 5) is 10.7. The quantitative estimate of drug-likeness (QED) is 0.632. The average Bonchev–Trinajstić information content (AvgIpc) is 2.25. The third-order valence-electron chi connectivity index (χ3n) is 3.56. The van der Waals surface area contributed by atoms with Gasteiger partial charge in [-0.1, -0.05) is 17.7 Å². The summed E-state index contributed by atoms with van der Waals surface area (Å²) in [6.45, 7) is 9.14. The fourth-order valence-corrected chi connectivity index (χ4v) is 1.39. The second kappa shape index (κ2) is 5.25. The van der Waals surface area contributed by atoms with E-state index in [4.69, 9.17) is 4.65 Å². The molecule has 0 saturated heterocycles. The standard InChI is InChI=1S/C14H21BO3/c1-10-8-11(9-16)6-7-12(10)15-18-14(4,5)13(2,3)17/h6-9,15,17H,1-5H3. The number of rotatable bonds is 5. The molecule has 0 saturated carbocycles. The van der Waals surface area contributed by atoms with Crippen molar-refractivity contribution in [3.05, 3.63) is 29.3 Å². The first-order valence-corrected chi connectivity index (χ1v) is 6.08. The lowest BCUT2D eigenvalue weighted by molar-refractivity contribution is -0.0893. The highest BCUT2D eigenvalue weighted by atomic mass is 16.5. The van der Waals surface area contributed by atoms with Crippen LogP contribution in [0.15, 0.2) is 18.2 Å². The highest BCUT2D eigenvalue weighted by molar-refractivity contribution is 6.47. The molecule has 0 spiro atoms. The molecular formula is C14H21BO3. The molecule has 1 rings (SSSR count). The maximum absolute atomic E-state index is 10.7. The molecule has 1 aromatic carbocycles. The monoisotopic (exact) mass is 248 g/mol. The van der Waals surface area contributed by atoms with Crippen molar-refractivity contribution in [1.82, 2.24) is 0 Å². The van der Waals surface area contributed by atoms with Gasteiger partial charge in [0.15, 0.2) is 0 Å². The predicted molar refractivity (Wildman–Crippen MR) is 74.8 cm³/mol. The van der Waals surface area contributed by atoms with Crippen LogP contribution in [0.4, 0.5) is 0 Å². The maximum atomic E-state index is 10.7. The van der Waals surface area contributed by atoms with E-state index < -0.39 is 11.2 Å². The molecule has 1 aromatic rings. The Morgan fingerprint density at radius 2 is 1.89 bits per heavy atom. The van der Waals surface area contributed by atoms with Crippen molar-refractivity contribution < 1.29 is 14.6 Å². The van der Waals surface area contributed by atoms with Crippen LogP contribution in [-0.2, 0) is 4.65 Å². The van der Waals surface area contributed by atoms with Gasteiger partial charge in [-0.25, -0.2) is 0 Å². The number of aliphatic hydroxyl groups is 1. The van der Waals surface area contributed by atoms with Crippen LogP contribution in [0.25, 0.3) is 0 Å². The molecule has 4 heteroatoms. The van der Waals surface area contributed by atoms with Gasteiger partial charge in [-0.15, -0.1) is 0 Å². The molecule has 0 bridgehead atoms. The Morgan fingerprint density at radius 3 is 2.33 bits per heavy atom. The number of hydrogen-bond donors (Lipinski definition) is 1. The number of aldehydes is 1. The van der Waals surface area contributed by atoms with Crippen molar-refractivity contribution in [2.24, 2.45) is 0 Å². The lowest BCUT2D eigenvalue weighted by Crippen LogP contribution is -2.49. The van der Waals surface area contributed by atoms with Gasteiger partial charge in [-0.3, -0.25) is 4.79 Å². The van der Waals surface area contributed by atoms with E-state index in [1.807, 2.05) is 32.9 Å². The molecule has 0 aliphatic heterocycles. The van der Waals surface area contributed by atoms with Crippen molar-refractivity contribution in [3.63, 3.8) is 0 Å². The van der Waals surface area contributed by atoms with E-state index in [2.05, 4.69) is 0 Å². The topological polar surface area (TPSA) is 46.5 Å². The molecule has 18 heavy (non-hydrogen) atoms. The summed E-state index contributed by atoms with van der Waals surface area (Å²) < 4.78 is 5.80. The van der Waals surface area contributed by atoms with Crippen LogP contribution in [-0.4, -0.2) is 30.1 Å². The zero-order valence-electron chi connectivity index (χ0n) is 11.8. The third kappa shape index (κ3) is 3.43. The van der Waals surface area contributed by atoms with E-state index in [1.165, 1.54) is 0 Å². The summed E-state index contributed by atoms with van der Waals surface area (Å²) >= 11 is 0. The number of carbonyl (C=O) groups excluding carboxylic acids is 1. The van der Waals surface area contributed by atoms with Crippen LogP contribution in [0.5, 0.6) is 0 Å². The van der Waals surface area contributed by atoms with Crippen LogP contribution in [0, 0.1) is 6.92 Å². The smallest absolute Gasteiger partial charge is 0.309 e. The van der Waals surface area contributed by atoms with Gasteiger partial charge in [0.25, 0.3) is 0 Å². The lowest BCUT2D eigenvalue weighted by Gasteiger charge is -2.37. The maximum Gasteiger partial charge on any atom is 0.309 e. The molecule has 0 fully saturated rings. The van der Waals surface area contributed by atoms with Gasteiger partial charge >= 0.3 is 7.48 Å². The second-order valence-corrected chi connectivity index (χ2v) is 5.66. The Morgan fingerprint density at radius 1 is 1.28 bits per heavy atom. The van der Waals surface area contributed by atoms with Crippen molar-refractivity contribution in [3.8, 4) is 0 Å². The van der Waals surface area contributed by atoms with Gasteiger partial charge in [0.1, 0.15) is 6.29 Å². The molecule has 98 valence electrons. The zero-order valence-corrected chi connectivity index (χ0v) is 11.8. The van der Waals surface area contributed by atoms with Gasteiger partial charge in [0, 0.05) is 5.56 Å². The van der Waals surface area contributed by atoms with E-state index in [1.54, 1.807) is 19.9 Å². The van der Waals surface area contributed by atoms with Crippen molar-refractivity contribution in [1.29, 1.82) is 0 Å². The van der Waals surface area contributed by atoms with Crippen LogP contribution >= 0.6 is 0 Å². The minimum absolute atomic E-state index is 0.419. The molecule has 0 aliphatic carbocycles. The van der Waals surface area contributed by atoms with Gasteiger partial charge in [0.2, 0.25) is 0 Å². The fourth-order valence-electron chi connectivity index (χ4n) is 1.39. The highest BCUT2D eigenvalue weighted by Crippen LogP contribution is 2.24. The third-order valence-corrected chi connectivity index (χ3v) is 3.56.